The molecule has 0 bridgehead atoms. The maximum atomic E-state index is 11.5. The van der Waals surface area contributed by atoms with E-state index in [1.54, 1.807) is 0 Å². The van der Waals surface area contributed by atoms with Crippen molar-refractivity contribution in [2.75, 3.05) is 11.0 Å². The summed E-state index contributed by atoms with van der Waals surface area (Å²) < 4.78 is 12.0. The molecule has 0 amide bonds. The summed E-state index contributed by atoms with van der Waals surface area (Å²) in [6.45, 7) is 13.3. The Morgan fingerprint density at radius 3 is 2.24 bits per heavy atom. The van der Waals surface area contributed by atoms with Gasteiger partial charge in [-0.15, -0.1) is 0 Å². The lowest BCUT2D eigenvalue weighted by atomic mass is 10.2. The minimum Gasteiger partial charge on any atom is -0.466 e. The number of hydrogen-bond donors (Lipinski definition) is 0. The second kappa shape index (κ2) is 7.09. The lowest BCUT2D eigenvalue weighted by Crippen LogP contribution is -2.45. The van der Waals surface area contributed by atoms with E-state index in [2.05, 4.69) is 56.5 Å². The van der Waals surface area contributed by atoms with Crippen LogP contribution in [0.15, 0.2) is 0 Å². The van der Waals surface area contributed by atoms with E-state index in [9.17, 15) is 4.79 Å². The molecule has 0 unspecified atom stereocenters. The van der Waals surface area contributed by atoms with Gasteiger partial charge in [-0.2, -0.15) is 0 Å². The highest BCUT2D eigenvalue weighted by Crippen LogP contribution is 2.37. The second-order valence-corrected chi connectivity index (χ2v) is 11.3. The zero-order chi connectivity index (χ0) is 13.7. The second-order valence-electron chi connectivity index (χ2n) is 5.66. The Bertz CT molecular complexity index is 249. The zero-order valence-corrected chi connectivity index (χ0v) is 15.0. The van der Waals surface area contributed by atoms with Crippen molar-refractivity contribution in [3.8, 4) is 0 Å². The van der Waals surface area contributed by atoms with Crippen LogP contribution in [0.3, 0.4) is 0 Å². The van der Waals surface area contributed by atoms with Crippen LogP contribution in [0.1, 0.15) is 34.1 Å². The third-order valence-corrected chi connectivity index (χ3v) is 8.66. The predicted octanol–water partition coefficient (Wildman–Crippen LogP) is 3.77. The van der Waals surface area contributed by atoms with Crippen molar-refractivity contribution < 1.29 is 14.0 Å². The number of carbonyl (C=O) groups is 1. The molecule has 0 saturated heterocycles. The van der Waals surface area contributed by atoms with Gasteiger partial charge in [0.1, 0.15) is 0 Å². The Hall–Kier alpha value is 0.377. The predicted molar refractivity (Wildman–Crippen MR) is 82.2 cm³/mol. The quantitative estimate of drug-likeness (QED) is 0.308. The van der Waals surface area contributed by atoms with Crippen LogP contribution in [-0.2, 0) is 14.0 Å². The van der Waals surface area contributed by atoms with Crippen molar-refractivity contribution in [1.29, 1.82) is 0 Å². The number of esters is 1. The molecule has 0 saturated carbocycles. The number of rotatable bonds is 6. The number of hydrogen-bond acceptors (Lipinski definition) is 3. The lowest BCUT2D eigenvalue weighted by Gasteiger charge is -2.38. The Balaban J connectivity index is 4.45. The van der Waals surface area contributed by atoms with E-state index in [-0.39, 0.29) is 17.1 Å². The molecule has 0 aromatic heterocycles. The van der Waals surface area contributed by atoms with E-state index in [1.165, 1.54) is 0 Å². The Morgan fingerprint density at radius 1 is 1.35 bits per heavy atom. The minimum atomic E-state index is -1.79. The zero-order valence-electron chi connectivity index (χ0n) is 11.8. The molecule has 0 aromatic carbocycles. The standard InChI is InChI=1S/C12H25IO3Si/c1-7-15-11(14)8-10(9-13)16-17(5,6)12(2,3)4/h10H,7-9H2,1-6H3/t10-/m0/s1. The average Bonchev–Trinajstić information content (AvgIpc) is 2.14. The van der Waals surface area contributed by atoms with Gasteiger partial charge in [0.15, 0.2) is 8.32 Å². The van der Waals surface area contributed by atoms with E-state index in [4.69, 9.17) is 9.16 Å². The van der Waals surface area contributed by atoms with E-state index in [0.717, 1.165) is 4.43 Å². The van der Waals surface area contributed by atoms with Gasteiger partial charge in [-0.25, -0.2) is 0 Å². The van der Waals surface area contributed by atoms with E-state index in [0.29, 0.717) is 13.0 Å². The largest absolute Gasteiger partial charge is 0.466 e. The fourth-order valence-electron chi connectivity index (χ4n) is 1.13. The van der Waals surface area contributed by atoms with Crippen LogP contribution in [0.4, 0.5) is 0 Å². The molecule has 5 heteroatoms. The fraction of sp³-hybridized carbons (Fsp3) is 0.917. The molecule has 0 aromatic rings. The van der Waals surface area contributed by atoms with Crippen molar-refractivity contribution in [3.05, 3.63) is 0 Å². The molecule has 102 valence electrons. The van der Waals surface area contributed by atoms with Crippen LogP contribution in [0, 0.1) is 0 Å². The first-order valence-electron chi connectivity index (χ1n) is 6.03. The fourth-order valence-corrected chi connectivity index (χ4v) is 3.31. The number of halogens is 1. The molecule has 0 aliphatic heterocycles. The van der Waals surface area contributed by atoms with Gasteiger partial charge >= 0.3 is 5.97 Å². The van der Waals surface area contributed by atoms with Gasteiger partial charge in [-0.1, -0.05) is 43.4 Å². The summed E-state index contributed by atoms with van der Waals surface area (Å²) in [6, 6.07) is 0. The maximum absolute atomic E-state index is 11.5. The van der Waals surface area contributed by atoms with E-state index in [1.807, 2.05) is 6.92 Å². The Morgan fingerprint density at radius 2 is 1.88 bits per heavy atom. The molecular weight excluding hydrogens is 347 g/mol. The lowest BCUT2D eigenvalue weighted by molar-refractivity contribution is -0.144. The molecule has 3 nitrogen and oxygen atoms in total. The molecular formula is C12H25IO3Si. The molecule has 0 aliphatic carbocycles. The minimum absolute atomic E-state index is 0.0180. The maximum Gasteiger partial charge on any atom is 0.308 e. The first-order chi connectivity index (χ1) is 7.64. The van der Waals surface area contributed by atoms with Gasteiger partial charge in [-0.3, -0.25) is 4.79 Å². The van der Waals surface area contributed by atoms with Crippen LogP contribution in [0.2, 0.25) is 18.1 Å². The molecule has 17 heavy (non-hydrogen) atoms. The first-order valence-corrected chi connectivity index (χ1v) is 10.5. The first kappa shape index (κ1) is 17.4. The van der Waals surface area contributed by atoms with Crippen LogP contribution in [0.25, 0.3) is 0 Å². The number of carbonyl (C=O) groups excluding carboxylic acids is 1. The van der Waals surface area contributed by atoms with Gasteiger partial charge in [0.05, 0.1) is 19.1 Å². The van der Waals surface area contributed by atoms with Crippen molar-refractivity contribution in [2.24, 2.45) is 0 Å². The van der Waals surface area contributed by atoms with Gasteiger partial charge in [-0.05, 0) is 25.1 Å². The third-order valence-electron chi connectivity index (χ3n) is 3.14. The van der Waals surface area contributed by atoms with Crippen LogP contribution < -0.4 is 0 Å². The van der Waals surface area contributed by atoms with E-state index >= 15 is 0 Å². The SMILES string of the molecule is CCOC(=O)C[C@@H](CI)O[Si](C)(C)C(C)(C)C. The van der Waals surface area contributed by atoms with Crippen LogP contribution >= 0.6 is 22.6 Å². The molecule has 0 rings (SSSR count). The number of alkyl halides is 1. The van der Waals surface area contributed by atoms with Gasteiger partial charge in [0, 0.05) is 4.43 Å². The monoisotopic (exact) mass is 372 g/mol. The normalized spacial score (nSPS) is 14.5. The van der Waals surface area contributed by atoms with Crippen LogP contribution in [-0.4, -0.2) is 31.4 Å². The summed E-state index contributed by atoms with van der Waals surface area (Å²) in [5.41, 5.74) is 0. The molecule has 0 heterocycles. The Kier molecular flexibility index (Phi) is 7.24. The Labute approximate surface area is 120 Å². The van der Waals surface area contributed by atoms with E-state index < -0.39 is 8.32 Å². The summed E-state index contributed by atoms with van der Waals surface area (Å²) in [5, 5.41) is 0.172. The van der Waals surface area contributed by atoms with Crippen molar-refractivity contribution in [2.45, 2.75) is 58.4 Å². The van der Waals surface area contributed by atoms with Crippen molar-refractivity contribution in [1.82, 2.24) is 0 Å². The molecule has 0 fully saturated rings. The summed E-state index contributed by atoms with van der Waals surface area (Å²) in [7, 11) is -1.79. The summed E-state index contributed by atoms with van der Waals surface area (Å²) in [6.07, 6.45) is 0.346. The van der Waals surface area contributed by atoms with Gasteiger partial charge in [0.2, 0.25) is 0 Å². The highest BCUT2D eigenvalue weighted by Gasteiger charge is 2.39. The van der Waals surface area contributed by atoms with Gasteiger partial charge < -0.3 is 9.16 Å². The smallest absolute Gasteiger partial charge is 0.308 e. The van der Waals surface area contributed by atoms with Gasteiger partial charge in [0.25, 0.3) is 0 Å². The van der Waals surface area contributed by atoms with Crippen molar-refractivity contribution in [3.63, 3.8) is 0 Å². The van der Waals surface area contributed by atoms with Crippen molar-refractivity contribution >= 4 is 36.9 Å². The molecule has 0 radical (unpaired) electrons. The molecule has 0 aliphatic rings. The number of ether oxygens (including phenoxy) is 1. The molecule has 0 N–H and O–H groups in total. The average molecular weight is 372 g/mol. The molecule has 1 atom stereocenters. The summed E-state index contributed by atoms with van der Waals surface area (Å²) in [4.78, 5) is 11.5. The summed E-state index contributed by atoms with van der Waals surface area (Å²) >= 11 is 2.27. The topological polar surface area (TPSA) is 35.5 Å². The third kappa shape index (κ3) is 6.19. The molecule has 0 spiro atoms. The highest BCUT2D eigenvalue weighted by atomic mass is 127. The highest BCUT2D eigenvalue weighted by molar-refractivity contribution is 14.1. The summed E-state index contributed by atoms with van der Waals surface area (Å²) in [5.74, 6) is -0.159. The van der Waals surface area contributed by atoms with Crippen LogP contribution in [0.5, 0.6) is 0 Å².